The van der Waals surface area contributed by atoms with Crippen molar-refractivity contribution in [2.45, 2.75) is 20.8 Å². The smallest absolute Gasteiger partial charge is 0.248 e. The lowest BCUT2D eigenvalue weighted by atomic mass is 10.1. The first-order valence-corrected chi connectivity index (χ1v) is 7.33. The van der Waals surface area contributed by atoms with Gasteiger partial charge in [0.05, 0.1) is 0 Å². The molecule has 0 fully saturated rings. The van der Waals surface area contributed by atoms with Gasteiger partial charge in [-0.25, -0.2) is 4.98 Å². The lowest BCUT2D eigenvalue weighted by Crippen LogP contribution is -2.01. The third-order valence-corrected chi connectivity index (χ3v) is 3.79. The summed E-state index contributed by atoms with van der Waals surface area (Å²) in [6, 6.07) is 6.19. The fourth-order valence-corrected chi connectivity index (χ4v) is 2.85. The van der Waals surface area contributed by atoms with Crippen molar-refractivity contribution in [2.75, 3.05) is 11.1 Å². The van der Waals surface area contributed by atoms with Crippen molar-refractivity contribution in [3.63, 3.8) is 0 Å². The molecule has 108 valence electrons. The number of aryl methyl sites for hydroxylation is 3. The quantitative estimate of drug-likeness (QED) is 0.777. The topological polar surface area (TPSA) is 81.6 Å². The zero-order chi connectivity index (χ0) is 15.0. The minimum absolute atomic E-state index is 0.316. The van der Waals surface area contributed by atoms with E-state index in [4.69, 9.17) is 5.73 Å². The molecule has 0 aliphatic rings. The number of nitrogen functional groups attached to an aromatic ring is 1. The Kier molecular flexibility index (Phi) is 3.34. The number of anilines is 3. The minimum atomic E-state index is 0.316. The third-order valence-electron chi connectivity index (χ3n) is 2.90. The van der Waals surface area contributed by atoms with E-state index in [0.29, 0.717) is 17.0 Å². The monoisotopic (exact) mass is 300 g/mol. The highest BCUT2D eigenvalue weighted by Crippen LogP contribution is 2.22. The zero-order valence-corrected chi connectivity index (χ0v) is 12.9. The fourth-order valence-electron chi connectivity index (χ4n) is 2.13. The van der Waals surface area contributed by atoms with E-state index in [2.05, 4.69) is 40.3 Å². The van der Waals surface area contributed by atoms with E-state index in [9.17, 15) is 0 Å². The summed E-state index contributed by atoms with van der Waals surface area (Å²) in [7, 11) is 0. The Bertz CT molecular complexity index is 768. The van der Waals surface area contributed by atoms with Gasteiger partial charge in [0, 0.05) is 16.8 Å². The van der Waals surface area contributed by atoms with Crippen LogP contribution in [0.25, 0.3) is 5.13 Å². The number of benzene rings is 1. The van der Waals surface area contributed by atoms with Crippen LogP contribution in [0.15, 0.2) is 24.4 Å². The summed E-state index contributed by atoms with van der Waals surface area (Å²) in [5.41, 5.74) is 9.22. The predicted octanol–water partition coefficient (Wildman–Crippen LogP) is 2.97. The predicted molar refractivity (Wildman–Crippen MR) is 85.4 cm³/mol. The first kappa shape index (κ1) is 13.6. The van der Waals surface area contributed by atoms with Crippen LogP contribution in [0.3, 0.4) is 0 Å². The first-order valence-electron chi connectivity index (χ1n) is 6.52. The average Bonchev–Trinajstić information content (AvgIpc) is 2.94. The van der Waals surface area contributed by atoms with E-state index in [0.717, 1.165) is 10.6 Å². The number of nitrogens with zero attached hydrogens (tertiary/aromatic N) is 4. The summed E-state index contributed by atoms with van der Waals surface area (Å²) in [6.45, 7) is 6.09. The standard InChI is InChI=1S/C14H16N6S/c1-8-4-9(2)6-11(5-8)17-13-18-12(15)20(19-13)14-16-7-10(3)21-14/h4-7H,1-3H3,(H3,15,17,18,19). The summed E-state index contributed by atoms with van der Waals surface area (Å²) in [5, 5.41) is 8.26. The Hall–Kier alpha value is -2.41. The summed E-state index contributed by atoms with van der Waals surface area (Å²) in [5.74, 6) is 0.779. The summed E-state index contributed by atoms with van der Waals surface area (Å²) in [6.07, 6.45) is 1.79. The van der Waals surface area contributed by atoms with E-state index in [-0.39, 0.29) is 0 Å². The Morgan fingerprint density at radius 3 is 2.48 bits per heavy atom. The van der Waals surface area contributed by atoms with Crippen molar-refractivity contribution >= 4 is 28.9 Å². The second-order valence-corrected chi connectivity index (χ2v) is 6.17. The number of nitrogens with two attached hydrogens (primary N) is 1. The van der Waals surface area contributed by atoms with Crippen LogP contribution in [0.4, 0.5) is 17.6 Å². The van der Waals surface area contributed by atoms with Gasteiger partial charge in [0.2, 0.25) is 17.0 Å². The van der Waals surface area contributed by atoms with Crippen LogP contribution in [-0.2, 0) is 0 Å². The van der Waals surface area contributed by atoms with Crippen LogP contribution in [0.2, 0.25) is 0 Å². The van der Waals surface area contributed by atoms with Crippen LogP contribution in [0.1, 0.15) is 16.0 Å². The molecular formula is C14H16N6S. The van der Waals surface area contributed by atoms with E-state index in [1.54, 1.807) is 10.9 Å². The lowest BCUT2D eigenvalue weighted by Gasteiger charge is -2.04. The second kappa shape index (κ2) is 5.17. The molecule has 0 amide bonds. The largest absolute Gasteiger partial charge is 0.368 e. The summed E-state index contributed by atoms with van der Waals surface area (Å²) in [4.78, 5) is 9.60. The molecule has 0 bridgehead atoms. The highest BCUT2D eigenvalue weighted by Gasteiger charge is 2.11. The molecule has 3 aromatic rings. The molecule has 2 aromatic heterocycles. The van der Waals surface area contributed by atoms with Gasteiger partial charge in [-0.05, 0) is 44.0 Å². The van der Waals surface area contributed by atoms with Gasteiger partial charge in [-0.2, -0.15) is 9.67 Å². The van der Waals surface area contributed by atoms with Crippen LogP contribution >= 0.6 is 11.3 Å². The number of thiazole rings is 1. The molecule has 0 atom stereocenters. The maximum Gasteiger partial charge on any atom is 0.248 e. The van der Waals surface area contributed by atoms with Gasteiger partial charge >= 0.3 is 0 Å². The van der Waals surface area contributed by atoms with Crippen molar-refractivity contribution < 1.29 is 0 Å². The van der Waals surface area contributed by atoms with Gasteiger partial charge in [-0.3, -0.25) is 0 Å². The van der Waals surface area contributed by atoms with Gasteiger partial charge in [-0.15, -0.1) is 16.4 Å². The summed E-state index contributed by atoms with van der Waals surface area (Å²) >= 11 is 1.52. The molecular weight excluding hydrogens is 284 g/mol. The van der Waals surface area contributed by atoms with Gasteiger partial charge in [-0.1, -0.05) is 6.07 Å². The Morgan fingerprint density at radius 1 is 1.14 bits per heavy atom. The molecule has 2 heterocycles. The van der Waals surface area contributed by atoms with Crippen molar-refractivity contribution in [1.82, 2.24) is 19.7 Å². The van der Waals surface area contributed by atoms with E-state index in [1.165, 1.54) is 22.5 Å². The number of rotatable bonds is 3. The molecule has 0 saturated heterocycles. The normalized spacial score (nSPS) is 10.8. The van der Waals surface area contributed by atoms with E-state index < -0.39 is 0 Å². The van der Waals surface area contributed by atoms with Crippen molar-refractivity contribution in [3.8, 4) is 5.13 Å². The fraction of sp³-hybridized carbons (Fsp3) is 0.214. The molecule has 0 spiro atoms. The number of hydrogen-bond donors (Lipinski definition) is 2. The van der Waals surface area contributed by atoms with Gasteiger partial charge < -0.3 is 11.1 Å². The van der Waals surface area contributed by atoms with Crippen molar-refractivity contribution in [2.24, 2.45) is 0 Å². The molecule has 3 rings (SSSR count). The maximum atomic E-state index is 5.91. The molecule has 0 unspecified atom stereocenters. The zero-order valence-electron chi connectivity index (χ0n) is 12.1. The molecule has 0 saturated carbocycles. The van der Waals surface area contributed by atoms with Crippen LogP contribution in [0.5, 0.6) is 0 Å². The molecule has 1 aromatic carbocycles. The molecule has 21 heavy (non-hydrogen) atoms. The Morgan fingerprint density at radius 2 is 1.86 bits per heavy atom. The van der Waals surface area contributed by atoms with Crippen LogP contribution in [0, 0.1) is 20.8 Å². The van der Waals surface area contributed by atoms with Crippen LogP contribution < -0.4 is 11.1 Å². The lowest BCUT2D eigenvalue weighted by molar-refractivity contribution is 0.882. The van der Waals surface area contributed by atoms with Gasteiger partial charge in [0.25, 0.3) is 0 Å². The number of hydrogen-bond acceptors (Lipinski definition) is 6. The van der Waals surface area contributed by atoms with E-state index in [1.807, 2.05) is 19.1 Å². The summed E-state index contributed by atoms with van der Waals surface area (Å²) < 4.78 is 1.54. The van der Waals surface area contributed by atoms with Crippen molar-refractivity contribution in [3.05, 3.63) is 40.4 Å². The third kappa shape index (κ3) is 2.87. The maximum absolute atomic E-state index is 5.91. The van der Waals surface area contributed by atoms with Crippen molar-refractivity contribution in [1.29, 1.82) is 0 Å². The molecule has 0 aliphatic carbocycles. The molecule has 0 radical (unpaired) electrons. The molecule has 6 nitrogen and oxygen atoms in total. The number of nitrogens with one attached hydrogen (secondary N) is 1. The molecule has 3 N–H and O–H groups in total. The van der Waals surface area contributed by atoms with Crippen LogP contribution in [-0.4, -0.2) is 19.7 Å². The molecule has 7 heteroatoms. The first-order chi connectivity index (χ1) is 10.0. The average molecular weight is 300 g/mol. The Balaban J connectivity index is 1.90. The van der Waals surface area contributed by atoms with Gasteiger partial charge in [0.1, 0.15) is 0 Å². The number of aromatic nitrogens is 4. The molecule has 0 aliphatic heterocycles. The minimum Gasteiger partial charge on any atom is -0.368 e. The highest BCUT2D eigenvalue weighted by atomic mass is 32.1. The van der Waals surface area contributed by atoms with E-state index >= 15 is 0 Å². The van der Waals surface area contributed by atoms with Gasteiger partial charge in [0.15, 0.2) is 0 Å². The SMILES string of the molecule is Cc1cc(C)cc(Nc2nc(N)n(-c3ncc(C)s3)n2)c1. The highest BCUT2D eigenvalue weighted by molar-refractivity contribution is 7.14. The second-order valence-electron chi connectivity index (χ2n) is 4.96. The Labute approximate surface area is 126 Å².